The zero-order valence-electron chi connectivity index (χ0n) is 18.1. The van der Waals surface area contributed by atoms with Gasteiger partial charge < -0.3 is 14.8 Å². The lowest BCUT2D eigenvalue weighted by atomic mass is 10.2. The van der Waals surface area contributed by atoms with Crippen LogP contribution in [0.2, 0.25) is 10.0 Å². The van der Waals surface area contributed by atoms with E-state index in [4.69, 9.17) is 32.7 Å². The van der Waals surface area contributed by atoms with E-state index in [0.717, 1.165) is 0 Å². The Morgan fingerprint density at radius 1 is 0.941 bits per heavy atom. The SMILES string of the molecule is COc1cc(/C=N/NC(=O)C(=O)Nc2cccc(Cl)c2C)ccc1OC(=O)c1ccc(Cl)cc1. The van der Waals surface area contributed by atoms with Crippen LogP contribution in [-0.4, -0.2) is 31.1 Å². The molecule has 0 saturated heterocycles. The molecule has 0 unspecified atom stereocenters. The minimum absolute atomic E-state index is 0.194. The van der Waals surface area contributed by atoms with Crippen molar-refractivity contribution < 1.29 is 23.9 Å². The van der Waals surface area contributed by atoms with Gasteiger partial charge >= 0.3 is 17.8 Å². The standard InChI is InChI=1S/C24H19Cl2N3O5/c1-14-18(26)4-3-5-19(14)28-22(30)23(31)29-27-13-15-6-11-20(21(12-15)33-2)34-24(32)16-7-9-17(25)10-8-16/h3-13H,1-2H3,(H,28,30)(H,29,31)/b27-13+. The lowest BCUT2D eigenvalue weighted by molar-refractivity contribution is -0.136. The summed E-state index contributed by atoms with van der Waals surface area (Å²) in [6, 6.07) is 15.9. The number of hydrazone groups is 1. The maximum absolute atomic E-state index is 12.3. The van der Waals surface area contributed by atoms with Gasteiger partial charge in [-0.3, -0.25) is 9.59 Å². The highest BCUT2D eigenvalue weighted by molar-refractivity contribution is 6.40. The molecule has 2 N–H and O–H groups in total. The molecule has 0 aromatic heterocycles. The third kappa shape index (κ3) is 6.34. The number of nitrogens with one attached hydrogen (secondary N) is 2. The quantitative estimate of drug-likeness (QED) is 0.169. The number of hydrogen-bond donors (Lipinski definition) is 2. The zero-order valence-corrected chi connectivity index (χ0v) is 19.6. The van der Waals surface area contributed by atoms with Crippen molar-refractivity contribution in [1.82, 2.24) is 5.43 Å². The molecule has 0 aliphatic carbocycles. The Kier molecular flexibility index (Phi) is 8.24. The first-order chi connectivity index (χ1) is 16.3. The van der Waals surface area contributed by atoms with Crippen molar-refractivity contribution in [2.45, 2.75) is 6.92 Å². The van der Waals surface area contributed by atoms with Gasteiger partial charge in [0.05, 0.1) is 18.9 Å². The third-order valence-electron chi connectivity index (χ3n) is 4.57. The molecule has 0 spiro atoms. The molecular formula is C24H19Cl2N3O5. The van der Waals surface area contributed by atoms with E-state index in [1.165, 1.54) is 19.4 Å². The first-order valence-electron chi connectivity index (χ1n) is 9.83. The average molecular weight is 500 g/mol. The summed E-state index contributed by atoms with van der Waals surface area (Å²) in [6.45, 7) is 1.72. The fourth-order valence-corrected chi connectivity index (χ4v) is 3.03. The van der Waals surface area contributed by atoms with Crippen molar-refractivity contribution in [2.75, 3.05) is 12.4 Å². The fourth-order valence-electron chi connectivity index (χ4n) is 2.73. The number of benzene rings is 3. The van der Waals surface area contributed by atoms with Crippen molar-refractivity contribution in [3.05, 3.63) is 87.4 Å². The van der Waals surface area contributed by atoms with Crippen molar-refractivity contribution in [2.24, 2.45) is 5.10 Å². The van der Waals surface area contributed by atoms with Gasteiger partial charge in [0.25, 0.3) is 0 Å². The van der Waals surface area contributed by atoms with E-state index in [-0.39, 0.29) is 11.5 Å². The van der Waals surface area contributed by atoms with Gasteiger partial charge in [-0.1, -0.05) is 29.3 Å². The van der Waals surface area contributed by atoms with Crippen molar-refractivity contribution in [3.63, 3.8) is 0 Å². The molecule has 10 heteroatoms. The molecule has 3 aromatic rings. The molecule has 3 aromatic carbocycles. The van der Waals surface area contributed by atoms with E-state index in [1.807, 2.05) is 0 Å². The van der Waals surface area contributed by atoms with Gasteiger partial charge in [-0.15, -0.1) is 0 Å². The molecule has 0 fully saturated rings. The van der Waals surface area contributed by atoms with Crippen molar-refractivity contribution in [3.8, 4) is 11.5 Å². The van der Waals surface area contributed by atoms with E-state index in [2.05, 4.69) is 15.8 Å². The number of ether oxygens (including phenoxy) is 2. The van der Waals surface area contributed by atoms with Crippen LogP contribution >= 0.6 is 23.2 Å². The number of anilines is 1. The summed E-state index contributed by atoms with van der Waals surface area (Å²) in [5.41, 5.74) is 4.05. The highest BCUT2D eigenvalue weighted by Gasteiger charge is 2.15. The number of esters is 1. The highest BCUT2D eigenvalue weighted by Crippen LogP contribution is 2.28. The van der Waals surface area contributed by atoms with Crippen molar-refractivity contribution >= 4 is 52.9 Å². The monoisotopic (exact) mass is 499 g/mol. The number of rotatable bonds is 6. The van der Waals surface area contributed by atoms with Gasteiger partial charge in [0.2, 0.25) is 0 Å². The van der Waals surface area contributed by atoms with E-state index in [0.29, 0.717) is 32.4 Å². The van der Waals surface area contributed by atoms with Gasteiger partial charge in [0.15, 0.2) is 11.5 Å². The molecule has 2 amide bonds. The van der Waals surface area contributed by atoms with Crippen LogP contribution in [0, 0.1) is 6.92 Å². The number of hydrogen-bond acceptors (Lipinski definition) is 6. The van der Waals surface area contributed by atoms with Crippen LogP contribution in [0.4, 0.5) is 5.69 Å². The maximum atomic E-state index is 12.3. The summed E-state index contributed by atoms with van der Waals surface area (Å²) in [6.07, 6.45) is 1.31. The molecule has 8 nitrogen and oxygen atoms in total. The van der Waals surface area contributed by atoms with Gasteiger partial charge in [-0.05, 0) is 72.6 Å². The molecule has 0 heterocycles. The second-order valence-corrected chi connectivity index (χ2v) is 7.72. The third-order valence-corrected chi connectivity index (χ3v) is 5.23. The Morgan fingerprint density at radius 3 is 2.38 bits per heavy atom. The van der Waals surface area contributed by atoms with Crippen molar-refractivity contribution in [1.29, 1.82) is 0 Å². The molecule has 0 saturated carbocycles. The van der Waals surface area contributed by atoms with E-state index in [1.54, 1.807) is 61.5 Å². The van der Waals surface area contributed by atoms with E-state index in [9.17, 15) is 14.4 Å². The van der Waals surface area contributed by atoms with Crippen LogP contribution in [0.1, 0.15) is 21.5 Å². The molecule has 0 atom stereocenters. The summed E-state index contributed by atoms with van der Waals surface area (Å²) in [7, 11) is 1.42. The molecular weight excluding hydrogens is 481 g/mol. The van der Waals surface area contributed by atoms with Crippen LogP contribution in [0.15, 0.2) is 65.8 Å². The maximum Gasteiger partial charge on any atom is 0.343 e. The largest absolute Gasteiger partial charge is 0.493 e. The number of nitrogens with zero attached hydrogens (tertiary/aromatic N) is 1. The lowest BCUT2D eigenvalue weighted by Crippen LogP contribution is -2.32. The smallest absolute Gasteiger partial charge is 0.343 e. The Bertz CT molecular complexity index is 1260. The number of carbonyl (C=O) groups excluding carboxylic acids is 3. The first-order valence-corrected chi connectivity index (χ1v) is 10.6. The number of amides is 2. The minimum atomic E-state index is -0.962. The van der Waals surface area contributed by atoms with Gasteiger partial charge in [-0.25, -0.2) is 10.2 Å². The Morgan fingerprint density at radius 2 is 1.68 bits per heavy atom. The second kappa shape index (κ2) is 11.3. The summed E-state index contributed by atoms with van der Waals surface area (Å²) >= 11 is 11.8. The summed E-state index contributed by atoms with van der Waals surface area (Å²) < 4.78 is 10.7. The highest BCUT2D eigenvalue weighted by atomic mass is 35.5. The molecule has 174 valence electrons. The van der Waals surface area contributed by atoms with Crippen LogP contribution in [0.5, 0.6) is 11.5 Å². The van der Waals surface area contributed by atoms with E-state index >= 15 is 0 Å². The number of carbonyl (C=O) groups is 3. The molecule has 3 rings (SSSR count). The second-order valence-electron chi connectivity index (χ2n) is 6.87. The Hall–Kier alpha value is -3.88. The average Bonchev–Trinajstić information content (AvgIpc) is 2.83. The Labute approximate surface area is 205 Å². The van der Waals surface area contributed by atoms with Crippen LogP contribution in [0.3, 0.4) is 0 Å². The summed E-state index contributed by atoms with van der Waals surface area (Å²) in [5, 5.41) is 7.22. The van der Waals surface area contributed by atoms with Crippen LogP contribution in [0.25, 0.3) is 0 Å². The predicted molar refractivity (Wildman–Crippen MR) is 130 cm³/mol. The lowest BCUT2D eigenvalue weighted by Gasteiger charge is -2.10. The fraction of sp³-hybridized carbons (Fsp3) is 0.0833. The molecule has 0 bridgehead atoms. The predicted octanol–water partition coefficient (Wildman–Crippen LogP) is 4.62. The first kappa shape index (κ1) is 24.8. The Balaban J connectivity index is 1.61. The number of methoxy groups -OCH3 is 1. The van der Waals surface area contributed by atoms with Gasteiger partial charge in [0.1, 0.15) is 0 Å². The molecule has 34 heavy (non-hydrogen) atoms. The molecule has 0 aliphatic rings. The van der Waals surface area contributed by atoms with Gasteiger partial charge in [0, 0.05) is 15.7 Å². The summed E-state index contributed by atoms with van der Waals surface area (Å²) in [4.78, 5) is 36.4. The molecule has 0 radical (unpaired) electrons. The van der Waals surface area contributed by atoms with E-state index < -0.39 is 17.8 Å². The van der Waals surface area contributed by atoms with Gasteiger partial charge in [-0.2, -0.15) is 5.10 Å². The topological polar surface area (TPSA) is 106 Å². The number of halogens is 2. The normalized spacial score (nSPS) is 10.6. The van der Waals surface area contributed by atoms with Crippen LogP contribution < -0.4 is 20.2 Å². The molecule has 0 aliphatic heterocycles. The minimum Gasteiger partial charge on any atom is -0.493 e. The summed E-state index contributed by atoms with van der Waals surface area (Å²) in [5.74, 6) is -1.98. The zero-order chi connectivity index (χ0) is 24.7. The van der Waals surface area contributed by atoms with Crippen LogP contribution in [-0.2, 0) is 9.59 Å².